The quantitative estimate of drug-likeness (QED) is 0.0169. The molecule has 0 fully saturated rings. The first-order chi connectivity index (χ1) is 47.7. The molecule has 5 unspecified atom stereocenters. The highest BCUT2D eigenvalue weighted by Crippen LogP contribution is 2.45. The van der Waals surface area contributed by atoms with Gasteiger partial charge >= 0.3 is 39.5 Å². The molecular formula is C79H132O17P2. The van der Waals surface area contributed by atoms with Crippen molar-refractivity contribution in [3.05, 3.63) is 134 Å². The van der Waals surface area contributed by atoms with E-state index in [9.17, 15) is 43.2 Å². The fraction of sp³-hybridized carbons (Fsp3) is 0.671. The minimum atomic E-state index is -5.00. The third-order valence-corrected chi connectivity index (χ3v) is 17.0. The molecule has 0 heterocycles. The van der Waals surface area contributed by atoms with Crippen molar-refractivity contribution in [3.63, 3.8) is 0 Å². The minimum absolute atomic E-state index is 0.0295. The molecule has 0 aromatic carbocycles. The summed E-state index contributed by atoms with van der Waals surface area (Å²) >= 11 is 0. The van der Waals surface area contributed by atoms with Crippen LogP contribution in [0.2, 0.25) is 0 Å². The number of rotatable bonds is 69. The smallest absolute Gasteiger partial charge is 0.462 e. The molecule has 0 aromatic heterocycles. The van der Waals surface area contributed by atoms with E-state index >= 15 is 0 Å². The largest absolute Gasteiger partial charge is 0.472 e. The summed E-state index contributed by atoms with van der Waals surface area (Å²) in [6.07, 6.45) is 77.4. The average molecular weight is 1420 g/mol. The van der Waals surface area contributed by atoms with Crippen LogP contribution < -0.4 is 0 Å². The molecule has 17 nitrogen and oxygen atoms in total. The van der Waals surface area contributed by atoms with Crippen molar-refractivity contribution in [2.75, 3.05) is 39.6 Å². The Morgan fingerprint density at radius 3 is 0.867 bits per heavy atom. The predicted octanol–water partition coefficient (Wildman–Crippen LogP) is 21.3. The Morgan fingerprint density at radius 2 is 0.531 bits per heavy atom. The lowest BCUT2D eigenvalue weighted by Crippen LogP contribution is -2.30. The lowest BCUT2D eigenvalue weighted by Gasteiger charge is -2.21. The van der Waals surface area contributed by atoms with Gasteiger partial charge in [0, 0.05) is 25.7 Å². The topological polar surface area (TPSA) is 237 Å². The SMILES string of the molecule is CC/C=C\C/C=C\C/C=C\C/C=C\CCCCC(=O)OCC(COP(=O)(O)OCC(O)COP(=O)(O)OCC(COC(=O)CCCCCCC/C=C\C/C=C\CCCCC)OC(=O)CCCCCCC/C=C\CCCCCC)OC(=O)CCCC/C=C\C/C=C\C/C=C\C/C=C\CC. The number of unbranched alkanes of at least 4 members (excludes halogenated alkanes) is 21. The molecule has 19 heteroatoms. The van der Waals surface area contributed by atoms with Crippen molar-refractivity contribution in [2.24, 2.45) is 0 Å². The number of aliphatic hydroxyl groups excluding tert-OH is 1. The van der Waals surface area contributed by atoms with E-state index in [0.717, 1.165) is 154 Å². The fourth-order valence-corrected chi connectivity index (χ4v) is 11.0. The van der Waals surface area contributed by atoms with Crippen LogP contribution in [-0.2, 0) is 65.4 Å². The molecule has 0 aliphatic heterocycles. The van der Waals surface area contributed by atoms with Crippen LogP contribution in [0.3, 0.4) is 0 Å². The van der Waals surface area contributed by atoms with E-state index in [1.165, 1.54) is 44.9 Å². The van der Waals surface area contributed by atoms with Gasteiger partial charge in [-0.15, -0.1) is 0 Å². The number of hydrogen-bond acceptors (Lipinski definition) is 15. The molecule has 0 aliphatic rings. The van der Waals surface area contributed by atoms with Gasteiger partial charge in [-0.2, -0.15) is 0 Å². The van der Waals surface area contributed by atoms with Crippen molar-refractivity contribution in [1.29, 1.82) is 0 Å². The van der Waals surface area contributed by atoms with Gasteiger partial charge in [-0.25, -0.2) is 9.13 Å². The zero-order valence-electron chi connectivity index (χ0n) is 60.9. The van der Waals surface area contributed by atoms with E-state index in [1.807, 2.05) is 0 Å². The first-order valence-electron chi connectivity index (χ1n) is 37.4. The zero-order chi connectivity index (χ0) is 71.8. The first-order valence-corrected chi connectivity index (χ1v) is 40.4. The molecular weight excluding hydrogens is 1280 g/mol. The van der Waals surface area contributed by atoms with Gasteiger partial charge in [-0.05, 0) is 161 Å². The number of aliphatic hydroxyl groups is 1. The van der Waals surface area contributed by atoms with Crippen LogP contribution in [0, 0.1) is 0 Å². The number of esters is 4. The summed E-state index contributed by atoms with van der Waals surface area (Å²) in [7, 11) is -9.98. The number of carbonyl (C=O) groups excluding carboxylic acids is 4. The third kappa shape index (κ3) is 69.7. The van der Waals surface area contributed by atoms with Crippen molar-refractivity contribution < 1.29 is 80.2 Å². The second kappa shape index (κ2) is 70.6. The highest BCUT2D eigenvalue weighted by molar-refractivity contribution is 7.47. The van der Waals surface area contributed by atoms with Crippen LogP contribution in [-0.4, -0.2) is 96.7 Å². The van der Waals surface area contributed by atoms with E-state index in [-0.39, 0.29) is 25.7 Å². The Hall–Kier alpha value is -4.80. The monoisotopic (exact) mass is 1410 g/mol. The Kier molecular flexibility index (Phi) is 67.2. The number of allylic oxidation sites excluding steroid dienone is 22. The number of hydrogen-bond donors (Lipinski definition) is 3. The van der Waals surface area contributed by atoms with Gasteiger partial charge < -0.3 is 33.8 Å². The third-order valence-electron chi connectivity index (χ3n) is 15.1. The normalized spacial score (nSPS) is 14.7. The molecule has 0 bridgehead atoms. The summed E-state index contributed by atoms with van der Waals surface area (Å²) in [4.78, 5) is 72.8. The highest BCUT2D eigenvalue weighted by atomic mass is 31.2. The summed E-state index contributed by atoms with van der Waals surface area (Å²) in [5, 5.41) is 10.6. The summed E-state index contributed by atoms with van der Waals surface area (Å²) in [5.41, 5.74) is 0. The fourth-order valence-electron chi connectivity index (χ4n) is 9.40. The van der Waals surface area contributed by atoms with Crippen LogP contribution >= 0.6 is 15.6 Å². The van der Waals surface area contributed by atoms with E-state index < -0.39 is 97.5 Å². The van der Waals surface area contributed by atoms with E-state index in [2.05, 4.69) is 161 Å². The van der Waals surface area contributed by atoms with Gasteiger partial charge in [0.2, 0.25) is 0 Å². The minimum Gasteiger partial charge on any atom is -0.462 e. The van der Waals surface area contributed by atoms with Gasteiger partial charge in [0.05, 0.1) is 26.4 Å². The number of carbonyl (C=O) groups is 4. The maximum Gasteiger partial charge on any atom is 0.472 e. The average Bonchev–Trinajstić information content (AvgIpc) is 1.04. The molecule has 5 atom stereocenters. The lowest BCUT2D eigenvalue weighted by atomic mass is 10.1. The molecule has 560 valence electrons. The molecule has 0 saturated heterocycles. The van der Waals surface area contributed by atoms with Crippen LogP contribution in [0.25, 0.3) is 0 Å². The second-order valence-electron chi connectivity index (χ2n) is 24.5. The van der Waals surface area contributed by atoms with Crippen LogP contribution in [0.15, 0.2) is 134 Å². The molecule has 0 rings (SSSR count). The lowest BCUT2D eigenvalue weighted by molar-refractivity contribution is -0.161. The van der Waals surface area contributed by atoms with Gasteiger partial charge in [0.25, 0.3) is 0 Å². The van der Waals surface area contributed by atoms with Crippen molar-refractivity contribution in [3.8, 4) is 0 Å². The molecule has 0 radical (unpaired) electrons. The van der Waals surface area contributed by atoms with Gasteiger partial charge in [0.15, 0.2) is 12.2 Å². The number of ether oxygens (including phenoxy) is 4. The van der Waals surface area contributed by atoms with Crippen LogP contribution in [0.5, 0.6) is 0 Å². The molecule has 0 amide bonds. The van der Waals surface area contributed by atoms with E-state index in [1.54, 1.807) is 0 Å². The number of phosphoric acid groups is 2. The second-order valence-corrected chi connectivity index (χ2v) is 27.4. The van der Waals surface area contributed by atoms with E-state index in [4.69, 9.17) is 37.0 Å². The van der Waals surface area contributed by atoms with Crippen molar-refractivity contribution >= 4 is 39.5 Å². The molecule has 0 aliphatic carbocycles. The summed E-state index contributed by atoms with van der Waals surface area (Å²) in [6.45, 7) is 4.46. The Balaban J connectivity index is 5.44. The molecule has 0 saturated carbocycles. The summed E-state index contributed by atoms with van der Waals surface area (Å²) in [6, 6.07) is 0. The van der Waals surface area contributed by atoms with Gasteiger partial charge in [-0.1, -0.05) is 232 Å². The Bertz CT molecular complexity index is 2380. The molecule has 0 spiro atoms. The summed E-state index contributed by atoms with van der Waals surface area (Å²) < 4.78 is 68.3. The first kappa shape index (κ1) is 93.2. The number of phosphoric ester groups is 2. The zero-order valence-corrected chi connectivity index (χ0v) is 62.7. The maximum absolute atomic E-state index is 13.1. The molecule has 0 aromatic rings. The maximum atomic E-state index is 13.1. The van der Waals surface area contributed by atoms with Gasteiger partial charge in [-0.3, -0.25) is 37.3 Å². The molecule has 98 heavy (non-hydrogen) atoms. The van der Waals surface area contributed by atoms with E-state index in [0.29, 0.717) is 32.1 Å². The van der Waals surface area contributed by atoms with Gasteiger partial charge in [0.1, 0.15) is 19.3 Å². The van der Waals surface area contributed by atoms with Crippen LogP contribution in [0.1, 0.15) is 285 Å². The highest BCUT2D eigenvalue weighted by Gasteiger charge is 2.30. The van der Waals surface area contributed by atoms with Crippen molar-refractivity contribution in [1.82, 2.24) is 0 Å². The molecule has 3 N–H and O–H groups in total. The van der Waals surface area contributed by atoms with Crippen LogP contribution in [0.4, 0.5) is 0 Å². The predicted molar refractivity (Wildman–Crippen MR) is 399 cm³/mol. The Morgan fingerprint density at radius 1 is 0.296 bits per heavy atom. The summed E-state index contributed by atoms with van der Waals surface area (Å²) in [5.74, 6) is -2.30. The van der Waals surface area contributed by atoms with Crippen molar-refractivity contribution in [2.45, 2.75) is 303 Å². The Labute approximate surface area is 593 Å². The standard InChI is InChI=1S/C79H132O17P2/c1-5-9-13-17-21-25-29-33-36-40-43-47-51-55-59-63-76(81)89-69-74(95-78(83)65-61-57-53-49-45-39-32-28-24-20-16-12-8-4)71-93-97(85,86)91-67-73(80)68-92-98(87,88)94-72-75(96-79(84)66-62-58-54-50-46-42-38-35-31-27-23-19-15-11-7-3)70-90-77(82)64-60-56-52-48-44-41-37-34-30-26-22-18-14-10-6-2/h10-11,14-15,21-23,25-28,32-38,44,46,48,50,73-75,80H,5-9,12-13,16-20,24,29-31,39-43,45,47,49,51-72H2,1-4H3,(H,85,86)(H,87,88)/b14-10-,15-11-,25-21-,26-22-,27-23-,32-28-,36-33-,37-34-,38-35-,48-44-,50-46-.